The van der Waals surface area contributed by atoms with Gasteiger partial charge in [0.25, 0.3) is 0 Å². The van der Waals surface area contributed by atoms with E-state index in [0.717, 1.165) is 11.3 Å². The Morgan fingerprint density at radius 2 is 2.12 bits per heavy atom. The van der Waals surface area contributed by atoms with E-state index in [1.54, 1.807) is 19.2 Å². The average molecular weight is 257 g/mol. The first-order chi connectivity index (χ1) is 8.26. The monoisotopic (exact) mass is 256 g/mol. The predicted molar refractivity (Wildman–Crippen MR) is 68.4 cm³/mol. The van der Waals surface area contributed by atoms with Crippen LogP contribution < -0.4 is 4.74 Å². The SMILES string of the molecule is COc1ccc(F)cc1C(CCl)C1CCCC1. The van der Waals surface area contributed by atoms with Gasteiger partial charge in [-0.3, -0.25) is 0 Å². The van der Waals surface area contributed by atoms with Crippen molar-refractivity contribution in [3.8, 4) is 5.75 Å². The molecule has 1 aromatic carbocycles. The Balaban J connectivity index is 2.31. The predicted octanol–water partition coefficient (Wildman–Crippen LogP) is 4.35. The van der Waals surface area contributed by atoms with E-state index in [2.05, 4.69) is 0 Å². The summed E-state index contributed by atoms with van der Waals surface area (Å²) in [5.41, 5.74) is 0.925. The molecule has 1 nitrogen and oxygen atoms in total. The van der Waals surface area contributed by atoms with Gasteiger partial charge in [-0.15, -0.1) is 11.6 Å². The summed E-state index contributed by atoms with van der Waals surface area (Å²) < 4.78 is 18.7. The molecule has 17 heavy (non-hydrogen) atoms. The molecule has 0 saturated heterocycles. The molecule has 1 atom stereocenters. The summed E-state index contributed by atoms with van der Waals surface area (Å²) in [5, 5.41) is 0. The maximum Gasteiger partial charge on any atom is 0.123 e. The molecule has 0 aromatic heterocycles. The first kappa shape index (κ1) is 12.7. The second-order valence-electron chi connectivity index (χ2n) is 4.69. The van der Waals surface area contributed by atoms with Crippen molar-refractivity contribution in [3.05, 3.63) is 29.6 Å². The summed E-state index contributed by atoms with van der Waals surface area (Å²) in [6, 6.07) is 4.70. The van der Waals surface area contributed by atoms with E-state index >= 15 is 0 Å². The van der Waals surface area contributed by atoms with Crippen LogP contribution in [0.1, 0.15) is 37.2 Å². The van der Waals surface area contributed by atoms with E-state index in [1.165, 1.54) is 31.7 Å². The summed E-state index contributed by atoms with van der Waals surface area (Å²) in [6.07, 6.45) is 4.90. The van der Waals surface area contributed by atoms with Crippen molar-refractivity contribution in [1.29, 1.82) is 0 Å². The van der Waals surface area contributed by atoms with Crippen molar-refractivity contribution < 1.29 is 9.13 Å². The molecule has 0 spiro atoms. The summed E-state index contributed by atoms with van der Waals surface area (Å²) in [7, 11) is 1.62. The average Bonchev–Trinajstić information content (AvgIpc) is 2.84. The van der Waals surface area contributed by atoms with Crippen molar-refractivity contribution in [2.75, 3.05) is 13.0 Å². The van der Waals surface area contributed by atoms with Gasteiger partial charge in [-0.2, -0.15) is 0 Å². The minimum absolute atomic E-state index is 0.213. The normalized spacial score (nSPS) is 18.3. The lowest BCUT2D eigenvalue weighted by atomic mass is 9.86. The van der Waals surface area contributed by atoms with Crippen molar-refractivity contribution in [2.24, 2.45) is 5.92 Å². The minimum Gasteiger partial charge on any atom is -0.496 e. The van der Waals surface area contributed by atoms with Crippen LogP contribution in [0.4, 0.5) is 4.39 Å². The number of ether oxygens (including phenoxy) is 1. The molecule has 1 aromatic rings. The highest BCUT2D eigenvalue weighted by molar-refractivity contribution is 6.18. The Kier molecular flexibility index (Phi) is 4.27. The van der Waals surface area contributed by atoms with Crippen molar-refractivity contribution in [3.63, 3.8) is 0 Å². The fourth-order valence-electron chi connectivity index (χ4n) is 2.82. The van der Waals surface area contributed by atoms with Crippen LogP contribution in [0.2, 0.25) is 0 Å². The number of halogens is 2. The van der Waals surface area contributed by atoms with Crippen LogP contribution in [0, 0.1) is 11.7 Å². The van der Waals surface area contributed by atoms with Gasteiger partial charge in [0.2, 0.25) is 0 Å². The molecule has 0 radical (unpaired) electrons. The summed E-state index contributed by atoms with van der Waals surface area (Å²) in [6.45, 7) is 0. The maximum absolute atomic E-state index is 13.4. The van der Waals surface area contributed by atoms with Gasteiger partial charge in [0.1, 0.15) is 11.6 Å². The molecular weight excluding hydrogens is 239 g/mol. The zero-order valence-corrected chi connectivity index (χ0v) is 10.8. The Morgan fingerprint density at radius 3 is 2.71 bits per heavy atom. The smallest absolute Gasteiger partial charge is 0.123 e. The van der Waals surface area contributed by atoms with Gasteiger partial charge < -0.3 is 4.74 Å². The van der Waals surface area contributed by atoms with Crippen molar-refractivity contribution >= 4 is 11.6 Å². The van der Waals surface area contributed by atoms with E-state index in [0.29, 0.717) is 11.8 Å². The first-order valence-corrected chi connectivity index (χ1v) is 6.69. The van der Waals surface area contributed by atoms with Crippen LogP contribution in [-0.2, 0) is 0 Å². The molecule has 0 heterocycles. The number of benzene rings is 1. The largest absolute Gasteiger partial charge is 0.496 e. The molecule has 1 saturated carbocycles. The van der Waals surface area contributed by atoms with Crippen molar-refractivity contribution in [2.45, 2.75) is 31.6 Å². The quantitative estimate of drug-likeness (QED) is 0.728. The van der Waals surface area contributed by atoms with Crippen molar-refractivity contribution in [1.82, 2.24) is 0 Å². The van der Waals surface area contributed by atoms with Gasteiger partial charge >= 0.3 is 0 Å². The fraction of sp³-hybridized carbons (Fsp3) is 0.571. The number of hydrogen-bond acceptors (Lipinski definition) is 1. The van der Waals surface area contributed by atoms with Gasteiger partial charge in [-0.1, -0.05) is 12.8 Å². The fourth-order valence-corrected chi connectivity index (χ4v) is 3.24. The number of alkyl halides is 1. The third-order valence-corrected chi connectivity index (χ3v) is 4.06. The molecule has 1 fully saturated rings. The molecule has 2 rings (SSSR count). The zero-order chi connectivity index (χ0) is 12.3. The lowest BCUT2D eigenvalue weighted by molar-refractivity contribution is 0.389. The number of methoxy groups -OCH3 is 1. The number of hydrogen-bond donors (Lipinski definition) is 0. The van der Waals surface area contributed by atoms with Gasteiger partial charge in [-0.25, -0.2) is 4.39 Å². The van der Waals surface area contributed by atoms with Crippen LogP contribution in [-0.4, -0.2) is 13.0 Å². The molecule has 94 valence electrons. The van der Waals surface area contributed by atoms with Crippen LogP contribution >= 0.6 is 11.6 Å². The van der Waals surface area contributed by atoms with Crippen LogP contribution in [0.25, 0.3) is 0 Å². The zero-order valence-electron chi connectivity index (χ0n) is 10.1. The molecule has 1 aliphatic carbocycles. The Labute approximate surface area is 107 Å². The second kappa shape index (κ2) is 5.72. The van der Waals surface area contributed by atoms with Gasteiger partial charge in [-0.05, 0) is 37.0 Å². The topological polar surface area (TPSA) is 9.23 Å². The highest BCUT2D eigenvalue weighted by Crippen LogP contribution is 2.41. The van der Waals surface area contributed by atoms with Gasteiger partial charge in [0, 0.05) is 17.4 Å². The molecule has 1 unspecified atom stereocenters. The van der Waals surface area contributed by atoms with Crippen LogP contribution in [0.15, 0.2) is 18.2 Å². The number of rotatable bonds is 4. The summed E-state index contributed by atoms with van der Waals surface area (Å²) in [4.78, 5) is 0. The van der Waals surface area contributed by atoms with E-state index < -0.39 is 0 Å². The summed E-state index contributed by atoms with van der Waals surface area (Å²) in [5.74, 6) is 1.86. The third-order valence-electron chi connectivity index (χ3n) is 3.73. The van der Waals surface area contributed by atoms with E-state index in [4.69, 9.17) is 16.3 Å². The third kappa shape index (κ3) is 2.74. The molecule has 0 amide bonds. The minimum atomic E-state index is -0.214. The summed E-state index contributed by atoms with van der Waals surface area (Å²) >= 11 is 6.09. The van der Waals surface area contributed by atoms with E-state index in [-0.39, 0.29) is 11.7 Å². The molecular formula is C14H18ClFO. The van der Waals surface area contributed by atoms with Gasteiger partial charge in [0.05, 0.1) is 7.11 Å². The van der Waals surface area contributed by atoms with Gasteiger partial charge in [0.15, 0.2) is 0 Å². The van der Waals surface area contributed by atoms with Crippen LogP contribution in [0.3, 0.4) is 0 Å². The molecule has 3 heteroatoms. The molecule has 0 bridgehead atoms. The van der Waals surface area contributed by atoms with Crippen LogP contribution in [0.5, 0.6) is 5.75 Å². The molecule has 1 aliphatic rings. The second-order valence-corrected chi connectivity index (χ2v) is 5.00. The van der Waals surface area contributed by atoms with E-state index in [9.17, 15) is 4.39 Å². The molecule has 0 N–H and O–H groups in total. The Hall–Kier alpha value is -0.760. The Morgan fingerprint density at radius 1 is 1.41 bits per heavy atom. The lowest BCUT2D eigenvalue weighted by Crippen LogP contribution is -2.13. The van der Waals surface area contributed by atoms with E-state index in [1.807, 2.05) is 0 Å². The highest BCUT2D eigenvalue weighted by atomic mass is 35.5. The lowest BCUT2D eigenvalue weighted by Gasteiger charge is -2.23. The highest BCUT2D eigenvalue weighted by Gasteiger charge is 2.28. The molecule has 0 aliphatic heterocycles. The first-order valence-electron chi connectivity index (χ1n) is 6.15. The standard InChI is InChI=1S/C14H18ClFO/c1-17-14-7-6-11(16)8-12(14)13(9-15)10-4-2-3-5-10/h6-8,10,13H,2-5,9H2,1H3. The maximum atomic E-state index is 13.4. The Bertz CT molecular complexity index is 374.